The summed E-state index contributed by atoms with van der Waals surface area (Å²) in [5.74, 6) is -0.505. The Morgan fingerprint density at radius 1 is 1.15 bits per heavy atom. The molecule has 9 heteroatoms. The summed E-state index contributed by atoms with van der Waals surface area (Å²) >= 11 is 1.38. The van der Waals surface area contributed by atoms with Crippen LogP contribution in [0.5, 0.6) is 0 Å². The summed E-state index contributed by atoms with van der Waals surface area (Å²) in [6, 6.07) is 9.87. The summed E-state index contributed by atoms with van der Waals surface area (Å²) in [7, 11) is 0. The smallest absolute Gasteiger partial charge is 0.248 e. The summed E-state index contributed by atoms with van der Waals surface area (Å²) in [5.41, 5.74) is 1.40. The van der Waals surface area contributed by atoms with Gasteiger partial charge in [0, 0.05) is 30.5 Å². The van der Waals surface area contributed by atoms with Crippen molar-refractivity contribution in [1.29, 1.82) is 0 Å². The summed E-state index contributed by atoms with van der Waals surface area (Å²) in [6.45, 7) is 0.343. The molecule has 3 atom stereocenters. The summed E-state index contributed by atoms with van der Waals surface area (Å²) in [4.78, 5) is 38.2. The number of carbonyl (C=O) groups is 2. The molecule has 3 unspecified atom stereocenters. The van der Waals surface area contributed by atoms with Crippen molar-refractivity contribution >= 4 is 38.5 Å². The minimum Gasteiger partial charge on any atom is -0.392 e. The Morgan fingerprint density at radius 2 is 1.97 bits per heavy atom. The van der Waals surface area contributed by atoms with E-state index in [1.807, 2.05) is 30.3 Å². The molecule has 0 spiro atoms. The van der Waals surface area contributed by atoms with Crippen LogP contribution in [0.4, 0.5) is 5.13 Å². The number of aromatic nitrogens is 2. The maximum Gasteiger partial charge on any atom is 0.248 e. The van der Waals surface area contributed by atoms with E-state index in [0.717, 1.165) is 35.9 Å². The van der Waals surface area contributed by atoms with E-state index in [1.54, 1.807) is 18.5 Å². The number of β-amino-alcohol motifs (C(OH)–C–C–N with tert-alkyl or cyclic N) is 1. The number of carbonyl (C=O) groups excluding carboxylic acids is 2. The van der Waals surface area contributed by atoms with Crippen molar-refractivity contribution in [2.24, 2.45) is 0 Å². The van der Waals surface area contributed by atoms with Crippen LogP contribution in [0.1, 0.15) is 50.1 Å². The van der Waals surface area contributed by atoms with Gasteiger partial charge in [-0.1, -0.05) is 48.8 Å². The second kappa shape index (κ2) is 10.2. The number of nitrogens with zero attached hydrogens (tertiary/aromatic N) is 3. The Bertz CT molecular complexity index is 1110. The first-order valence-electron chi connectivity index (χ1n) is 11.9. The average molecular weight is 480 g/mol. The molecule has 5 rings (SSSR count). The van der Waals surface area contributed by atoms with Gasteiger partial charge in [0.1, 0.15) is 6.04 Å². The Labute approximate surface area is 202 Å². The maximum absolute atomic E-state index is 13.9. The van der Waals surface area contributed by atoms with E-state index in [-0.39, 0.29) is 17.9 Å². The van der Waals surface area contributed by atoms with Crippen LogP contribution in [-0.4, -0.2) is 51.6 Å². The van der Waals surface area contributed by atoms with Gasteiger partial charge < -0.3 is 15.7 Å². The van der Waals surface area contributed by atoms with Gasteiger partial charge in [0.25, 0.3) is 0 Å². The lowest BCUT2D eigenvalue weighted by Crippen LogP contribution is -2.51. The minimum absolute atomic E-state index is 0.0965. The molecule has 3 aromatic rings. The Hall–Kier alpha value is -2.88. The highest BCUT2D eigenvalue weighted by atomic mass is 32.1. The van der Waals surface area contributed by atoms with E-state index < -0.39 is 18.2 Å². The molecular formula is C25H29N5O3S. The molecule has 2 amide bonds. The Balaban J connectivity index is 1.56. The zero-order valence-corrected chi connectivity index (χ0v) is 19.7. The molecular weight excluding hydrogens is 450 g/mol. The first-order chi connectivity index (χ1) is 16.6. The van der Waals surface area contributed by atoms with E-state index in [1.165, 1.54) is 22.7 Å². The number of benzene rings is 1. The molecule has 1 aliphatic heterocycles. The van der Waals surface area contributed by atoms with Crippen LogP contribution in [0.25, 0.3) is 10.2 Å². The highest BCUT2D eigenvalue weighted by Gasteiger charge is 2.40. The number of aliphatic hydroxyl groups excluding tert-OH is 1. The third-order valence-electron chi connectivity index (χ3n) is 6.59. The van der Waals surface area contributed by atoms with Crippen molar-refractivity contribution in [3.05, 3.63) is 54.4 Å². The number of para-hydroxylation sites is 1. The van der Waals surface area contributed by atoms with Crippen LogP contribution in [0.15, 0.2) is 48.8 Å². The van der Waals surface area contributed by atoms with Crippen molar-refractivity contribution in [3.8, 4) is 0 Å². The van der Waals surface area contributed by atoms with E-state index in [4.69, 9.17) is 4.98 Å². The van der Waals surface area contributed by atoms with Gasteiger partial charge >= 0.3 is 0 Å². The summed E-state index contributed by atoms with van der Waals surface area (Å²) in [5, 5.41) is 16.8. The van der Waals surface area contributed by atoms with Crippen molar-refractivity contribution in [3.63, 3.8) is 0 Å². The summed E-state index contributed by atoms with van der Waals surface area (Å²) in [6.07, 6.45) is 8.23. The molecule has 34 heavy (non-hydrogen) atoms. The van der Waals surface area contributed by atoms with Crippen molar-refractivity contribution < 1.29 is 14.7 Å². The number of hydrogen-bond acceptors (Lipinski definition) is 7. The molecule has 1 saturated heterocycles. The van der Waals surface area contributed by atoms with Crippen LogP contribution in [0.2, 0.25) is 0 Å². The van der Waals surface area contributed by atoms with Gasteiger partial charge in [-0.25, -0.2) is 4.98 Å². The van der Waals surface area contributed by atoms with Crippen LogP contribution in [0, 0.1) is 0 Å². The lowest BCUT2D eigenvalue weighted by atomic mass is 9.95. The van der Waals surface area contributed by atoms with Crippen molar-refractivity contribution in [1.82, 2.24) is 20.6 Å². The summed E-state index contributed by atoms with van der Waals surface area (Å²) < 4.78 is 0.937. The quantitative estimate of drug-likeness (QED) is 0.502. The number of amides is 2. The van der Waals surface area contributed by atoms with Crippen LogP contribution in [0.3, 0.4) is 0 Å². The van der Waals surface area contributed by atoms with Crippen molar-refractivity contribution in [2.75, 3.05) is 11.4 Å². The van der Waals surface area contributed by atoms with E-state index in [2.05, 4.69) is 15.6 Å². The number of nitrogens with one attached hydrogen (secondary N) is 2. The number of pyridine rings is 1. The molecule has 1 aliphatic carbocycles. The number of rotatable bonds is 6. The number of hydrogen-bond donors (Lipinski definition) is 3. The lowest BCUT2D eigenvalue weighted by Gasteiger charge is -2.33. The highest BCUT2D eigenvalue weighted by Crippen LogP contribution is 2.35. The lowest BCUT2D eigenvalue weighted by molar-refractivity contribution is -0.128. The second-order valence-corrected chi connectivity index (χ2v) is 10.1. The minimum atomic E-state index is -0.914. The molecule has 1 aromatic carbocycles. The normalized spacial score (nSPS) is 21.9. The molecule has 0 bridgehead atoms. The van der Waals surface area contributed by atoms with E-state index >= 15 is 0 Å². The number of anilines is 1. The van der Waals surface area contributed by atoms with Crippen LogP contribution < -0.4 is 15.5 Å². The first-order valence-corrected chi connectivity index (χ1v) is 12.7. The van der Waals surface area contributed by atoms with Crippen molar-refractivity contribution in [2.45, 2.75) is 62.8 Å². The third kappa shape index (κ3) is 4.82. The molecule has 0 radical (unpaired) electrons. The molecule has 178 valence electrons. The molecule has 1 saturated carbocycles. The monoisotopic (exact) mass is 479 g/mol. The zero-order chi connectivity index (χ0) is 23.5. The fourth-order valence-electron chi connectivity index (χ4n) is 4.85. The van der Waals surface area contributed by atoms with Gasteiger partial charge in [-0.3, -0.25) is 19.5 Å². The van der Waals surface area contributed by atoms with Gasteiger partial charge in [-0.15, -0.1) is 0 Å². The van der Waals surface area contributed by atoms with Gasteiger partial charge in [0.15, 0.2) is 5.13 Å². The predicted molar refractivity (Wildman–Crippen MR) is 132 cm³/mol. The van der Waals surface area contributed by atoms with Gasteiger partial charge in [-0.05, 0) is 37.5 Å². The second-order valence-electron chi connectivity index (χ2n) is 9.06. The van der Waals surface area contributed by atoms with E-state index in [0.29, 0.717) is 23.7 Å². The van der Waals surface area contributed by atoms with Gasteiger partial charge in [-0.2, -0.15) is 0 Å². The maximum atomic E-state index is 13.9. The molecule has 3 N–H and O–H groups in total. The average Bonchev–Trinajstić information content (AvgIpc) is 3.49. The topological polar surface area (TPSA) is 107 Å². The van der Waals surface area contributed by atoms with Crippen LogP contribution in [-0.2, 0) is 9.59 Å². The number of aliphatic hydroxyl groups is 1. The van der Waals surface area contributed by atoms with E-state index in [9.17, 15) is 14.7 Å². The third-order valence-corrected chi connectivity index (χ3v) is 7.63. The fraction of sp³-hybridized carbons (Fsp3) is 0.440. The largest absolute Gasteiger partial charge is 0.392 e. The Kier molecular flexibility index (Phi) is 6.85. The SMILES string of the molecule is O=C(NC1CCCCC1)C(c1cccnc1)N(C(=O)C1CC(O)CN1)c1nc2ccccc2s1. The highest BCUT2D eigenvalue weighted by molar-refractivity contribution is 7.22. The van der Waals surface area contributed by atoms with Gasteiger partial charge in [0.05, 0.1) is 22.4 Å². The molecule has 2 aromatic heterocycles. The molecule has 8 nitrogen and oxygen atoms in total. The fourth-order valence-corrected chi connectivity index (χ4v) is 5.85. The van der Waals surface area contributed by atoms with Gasteiger partial charge in [0.2, 0.25) is 11.8 Å². The zero-order valence-electron chi connectivity index (χ0n) is 18.9. The molecule has 2 aliphatic rings. The number of thiazole rings is 1. The Morgan fingerprint density at radius 3 is 2.68 bits per heavy atom. The molecule has 2 fully saturated rings. The standard InChI is InChI=1S/C25H29N5O3S/c31-18-13-20(27-15-18)24(33)30(25-29-19-10-4-5-11-21(19)34-25)22(16-7-6-12-26-14-16)23(32)28-17-8-2-1-3-9-17/h4-7,10-12,14,17-18,20,22,27,31H,1-3,8-9,13,15H2,(H,28,32). The first kappa shape index (κ1) is 22.9. The molecule has 3 heterocycles. The number of fused-ring (bicyclic) bond motifs is 1. The predicted octanol–water partition coefficient (Wildman–Crippen LogP) is 2.94. The van der Waals surface area contributed by atoms with Crippen LogP contribution >= 0.6 is 11.3 Å².